The number of carbonyl (C=O) groups is 3. The first-order valence-corrected chi connectivity index (χ1v) is 10.4. The number of carbonyl (C=O) groups excluding carboxylic acids is 3. The van der Waals surface area contributed by atoms with Gasteiger partial charge in [0.1, 0.15) is 0 Å². The Morgan fingerprint density at radius 1 is 0.871 bits per heavy atom. The van der Waals surface area contributed by atoms with Gasteiger partial charge in [0.2, 0.25) is 12.7 Å². The molecule has 5 rings (SSSR count). The van der Waals surface area contributed by atoms with E-state index >= 15 is 0 Å². The standard InChI is InChI=1S/C23H23N3O5/c27-21(7-8-26-22(28)17-3-1-2-4-18(17)23(26)29)25-11-9-24(10-12-25)14-16-5-6-19-20(13-16)31-15-30-19/h1-6,13H,7-12,14-15H2. The van der Waals surface area contributed by atoms with Gasteiger partial charge in [-0.1, -0.05) is 18.2 Å². The molecule has 0 aromatic heterocycles. The number of rotatable bonds is 5. The van der Waals surface area contributed by atoms with Crippen LogP contribution in [0.1, 0.15) is 32.7 Å². The number of hydrogen-bond donors (Lipinski definition) is 0. The molecule has 0 saturated carbocycles. The van der Waals surface area contributed by atoms with Crippen LogP contribution in [0.15, 0.2) is 42.5 Å². The molecule has 8 heteroatoms. The van der Waals surface area contributed by atoms with Crippen LogP contribution in [0.5, 0.6) is 11.5 Å². The fraction of sp³-hybridized carbons (Fsp3) is 0.348. The van der Waals surface area contributed by atoms with Crippen LogP contribution in [0.25, 0.3) is 0 Å². The molecular weight excluding hydrogens is 398 g/mol. The zero-order chi connectivity index (χ0) is 21.4. The Morgan fingerprint density at radius 3 is 2.26 bits per heavy atom. The zero-order valence-electron chi connectivity index (χ0n) is 17.1. The second kappa shape index (κ2) is 8.03. The second-order valence-electron chi connectivity index (χ2n) is 7.90. The van der Waals surface area contributed by atoms with Crippen LogP contribution in [0.2, 0.25) is 0 Å². The molecular formula is C23H23N3O5. The van der Waals surface area contributed by atoms with E-state index < -0.39 is 0 Å². The summed E-state index contributed by atoms with van der Waals surface area (Å²) in [4.78, 5) is 42.8. The Kier molecular flexibility index (Phi) is 5.07. The maximum absolute atomic E-state index is 12.7. The molecule has 1 fully saturated rings. The third kappa shape index (κ3) is 3.74. The van der Waals surface area contributed by atoms with Crippen molar-refractivity contribution in [3.05, 3.63) is 59.2 Å². The molecule has 0 atom stereocenters. The van der Waals surface area contributed by atoms with E-state index in [0.29, 0.717) is 24.2 Å². The topological polar surface area (TPSA) is 79.4 Å². The second-order valence-corrected chi connectivity index (χ2v) is 7.90. The van der Waals surface area contributed by atoms with Gasteiger partial charge in [0.05, 0.1) is 11.1 Å². The van der Waals surface area contributed by atoms with Gasteiger partial charge in [0.15, 0.2) is 11.5 Å². The van der Waals surface area contributed by atoms with Gasteiger partial charge in [-0.15, -0.1) is 0 Å². The molecule has 0 aliphatic carbocycles. The minimum absolute atomic E-state index is 0.0284. The average molecular weight is 421 g/mol. The first-order valence-electron chi connectivity index (χ1n) is 10.4. The summed E-state index contributed by atoms with van der Waals surface area (Å²) in [5.74, 6) is 0.889. The van der Waals surface area contributed by atoms with E-state index in [1.165, 1.54) is 4.90 Å². The number of piperazine rings is 1. The minimum atomic E-state index is -0.318. The molecule has 1 saturated heterocycles. The van der Waals surface area contributed by atoms with Gasteiger partial charge in [0, 0.05) is 45.7 Å². The molecule has 0 radical (unpaired) electrons. The van der Waals surface area contributed by atoms with Crippen molar-refractivity contribution < 1.29 is 23.9 Å². The number of ether oxygens (including phenoxy) is 2. The van der Waals surface area contributed by atoms with Crippen molar-refractivity contribution in [1.82, 2.24) is 14.7 Å². The van der Waals surface area contributed by atoms with Crippen LogP contribution in [0.4, 0.5) is 0 Å². The average Bonchev–Trinajstić information content (AvgIpc) is 3.35. The summed E-state index contributed by atoms with van der Waals surface area (Å²) in [6.07, 6.45) is 0.146. The van der Waals surface area contributed by atoms with Crippen LogP contribution in [0.3, 0.4) is 0 Å². The van der Waals surface area contributed by atoms with Crippen molar-refractivity contribution in [3.8, 4) is 11.5 Å². The first-order chi connectivity index (χ1) is 15.1. The van der Waals surface area contributed by atoms with Crippen LogP contribution in [-0.2, 0) is 11.3 Å². The lowest BCUT2D eigenvalue weighted by Crippen LogP contribution is -2.49. The van der Waals surface area contributed by atoms with Gasteiger partial charge in [-0.2, -0.15) is 0 Å². The summed E-state index contributed by atoms with van der Waals surface area (Å²) < 4.78 is 10.8. The Bertz CT molecular complexity index is 1010. The third-order valence-corrected chi connectivity index (χ3v) is 6.00. The fourth-order valence-electron chi connectivity index (χ4n) is 4.26. The normalized spacial score (nSPS) is 17.9. The molecule has 31 heavy (non-hydrogen) atoms. The first kappa shape index (κ1) is 19.6. The molecule has 3 heterocycles. The molecule has 3 aliphatic heterocycles. The van der Waals surface area contributed by atoms with Gasteiger partial charge >= 0.3 is 0 Å². The van der Waals surface area contributed by atoms with E-state index in [2.05, 4.69) is 4.90 Å². The van der Waals surface area contributed by atoms with Crippen molar-refractivity contribution in [2.75, 3.05) is 39.5 Å². The lowest BCUT2D eigenvalue weighted by Gasteiger charge is -2.35. The number of fused-ring (bicyclic) bond motifs is 2. The van der Waals surface area contributed by atoms with Crippen molar-refractivity contribution in [2.24, 2.45) is 0 Å². The summed E-state index contributed by atoms with van der Waals surface area (Å²) in [6, 6.07) is 12.7. The number of hydrogen-bond acceptors (Lipinski definition) is 6. The molecule has 160 valence electrons. The molecule has 3 aliphatic rings. The van der Waals surface area contributed by atoms with Crippen LogP contribution in [-0.4, -0.2) is 71.9 Å². The molecule has 0 N–H and O–H groups in total. The Labute approximate surface area is 179 Å². The van der Waals surface area contributed by atoms with Crippen LogP contribution in [0, 0.1) is 0 Å². The van der Waals surface area contributed by atoms with E-state index in [1.807, 2.05) is 23.1 Å². The lowest BCUT2D eigenvalue weighted by atomic mass is 10.1. The van der Waals surface area contributed by atoms with E-state index in [0.717, 1.165) is 36.7 Å². The number of benzene rings is 2. The maximum atomic E-state index is 12.7. The summed E-state index contributed by atoms with van der Waals surface area (Å²) in [7, 11) is 0. The van der Waals surface area contributed by atoms with Gasteiger partial charge in [-0.25, -0.2) is 0 Å². The molecule has 0 unspecified atom stereocenters. The summed E-state index contributed by atoms with van der Waals surface area (Å²) in [6.45, 7) is 3.97. The highest BCUT2D eigenvalue weighted by Gasteiger charge is 2.35. The Morgan fingerprint density at radius 2 is 1.55 bits per heavy atom. The van der Waals surface area contributed by atoms with E-state index in [4.69, 9.17) is 9.47 Å². The SMILES string of the molecule is O=C(CCN1C(=O)c2ccccc2C1=O)N1CCN(Cc2ccc3c(c2)OCO3)CC1. The quantitative estimate of drug-likeness (QED) is 0.685. The third-order valence-electron chi connectivity index (χ3n) is 6.00. The molecule has 0 bridgehead atoms. The monoisotopic (exact) mass is 421 g/mol. The molecule has 3 amide bonds. The highest BCUT2D eigenvalue weighted by atomic mass is 16.7. The predicted octanol–water partition coefficient (Wildman–Crippen LogP) is 1.75. The van der Waals surface area contributed by atoms with Gasteiger partial charge in [-0.05, 0) is 29.8 Å². The summed E-state index contributed by atoms with van der Waals surface area (Å²) in [5, 5.41) is 0. The van der Waals surface area contributed by atoms with E-state index in [1.54, 1.807) is 24.3 Å². The van der Waals surface area contributed by atoms with Crippen molar-refractivity contribution in [2.45, 2.75) is 13.0 Å². The van der Waals surface area contributed by atoms with Crippen molar-refractivity contribution in [1.29, 1.82) is 0 Å². The molecule has 8 nitrogen and oxygen atoms in total. The highest BCUT2D eigenvalue weighted by molar-refractivity contribution is 6.21. The number of imide groups is 1. The Hall–Kier alpha value is -3.39. The predicted molar refractivity (Wildman–Crippen MR) is 111 cm³/mol. The summed E-state index contributed by atoms with van der Waals surface area (Å²) in [5.41, 5.74) is 1.98. The van der Waals surface area contributed by atoms with Gasteiger partial charge < -0.3 is 14.4 Å². The maximum Gasteiger partial charge on any atom is 0.261 e. The van der Waals surface area contributed by atoms with Crippen molar-refractivity contribution >= 4 is 17.7 Å². The largest absolute Gasteiger partial charge is 0.454 e. The van der Waals surface area contributed by atoms with Gasteiger partial charge in [0.25, 0.3) is 11.8 Å². The minimum Gasteiger partial charge on any atom is -0.454 e. The van der Waals surface area contributed by atoms with E-state index in [-0.39, 0.29) is 37.5 Å². The smallest absolute Gasteiger partial charge is 0.261 e. The fourth-order valence-corrected chi connectivity index (χ4v) is 4.26. The van der Waals surface area contributed by atoms with E-state index in [9.17, 15) is 14.4 Å². The Balaban J connectivity index is 1.11. The van der Waals surface area contributed by atoms with Crippen molar-refractivity contribution in [3.63, 3.8) is 0 Å². The number of nitrogens with zero attached hydrogens (tertiary/aromatic N) is 3. The van der Waals surface area contributed by atoms with Crippen LogP contribution >= 0.6 is 0 Å². The van der Waals surface area contributed by atoms with Crippen LogP contribution < -0.4 is 9.47 Å². The molecule has 2 aromatic rings. The highest BCUT2D eigenvalue weighted by Crippen LogP contribution is 2.33. The zero-order valence-corrected chi connectivity index (χ0v) is 17.1. The lowest BCUT2D eigenvalue weighted by molar-refractivity contribution is -0.133. The molecule has 0 spiro atoms. The van der Waals surface area contributed by atoms with Gasteiger partial charge in [-0.3, -0.25) is 24.2 Å². The summed E-state index contributed by atoms with van der Waals surface area (Å²) >= 11 is 0. The number of amides is 3. The molecule has 2 aromatic carbocycles.